The minimum Gasteiger partial charge on any atom is -0.331 e. The van der Waals surface area contributed by atoms with Crippen LogP contribution in [0.2, 0.25) is 0 Å². The van der Waals surface area contributed by atoms with Crippen molar-refractivity contribution in [3.63, 3.8) is 0 Å². The topological polar surface area (TPSA) is 38.1 Å². The number of amides is 1. The highest BCUT2D eigenvalue weighted by Gasteiger charge is 2.31. The zero-order chi connectivity index (χ0) is 18.8. The Hall–Kier alpha value is -2.88. The van der Waals surface area contributed by atoms with E-state index in [0.29, 0.717) is 0 Å². The Morgan fingerprint density at radius 1 is 0.963 bits per heavy atom. The van der Waals surface area contributed by atoms with Crippen molar-refractivity contribution in [2.75, 3.05) is 6.54 Å². The fourth-order valence-electron chi connectivity index (χ4n) is 4.10. The van der Waals surface area contributed by atoms with E-state index in [9.17, 15) is 4.79 Å². The second-order valence-corrected chi connectivity index (χ2v) is 7.24. The number of hydrogen-bond donors (Lipinski definition) is 0. The molecule has 0 aliphatic carbocycles. The van der Waals surface area contributed by atoms with Crippen molar-refractivity contribution in [2.45, 2.75) is 39.2 Å². The molecule has 0 N–H and O–H groups in total. The van der Waals surface area contributed by atoms with E-state index in [2.05, 4.69) is 36.6 Å². The number of aromatic nitrogens is 2. The maximum atomic E-state index is 13.2. The van der Waals surface area contributed by atoms with E-state index in [4.69, 9.17) is 4.98 Å². The second kappa shape index (κ2) is 7.39. The molecule has 3 heterocycles. The van der Waals surface area contributed by atoms with Crippen molar-refractivity contribution in [3.8, 4) is 5.82 Å². The quantitative estimate of drug-likeness (QED) is 0.670. The van der Waals surface area contributed by atoms with Gasteiger partial charge in [-0.25, -0.2) is 4.98 Å². The fraction of sp³-hybridized carbons (Fsp3) is 0.304. The summed E-state index contributed by atoms with van der Waals surface area (Å²) in [6.45, 7) is 4.98. The summed E-state index contributed by atoms with van der Waals surface area (Å²) in [5, 5.41) is 0. The first-order valence-corrected chi connectivity index (χ1v) is 9.63. The van der Waals surface area contributed by atoms with Crippen LogP contribution in [-0.2, 0) is 0 Å². The molecule has 0 bridgehead atoms. The lowest BCUT2D eigenvalue weighted by Gasteiger charge is -2.37. The van der Waals surface area contributed by atoms with Gasteiger partial charge in [-0.15, -0.1) is 0 Å². The van der Waals surface area contributed by atoms with Crippen LogP contribution in [0.1, 0.15) is 52.6 Å². The Morgan fingerprint density at radius 3 is 2.44 bits per heavy atom. The lowest BCUT2D eigenvalue weighted by molar-refractivity contribution is 0.0611. The first kappa shape index (κ1) is 17.5. The number of benzene rings is 1. The van der Waals surface area contributed by atoms with Crippen molar-refractivity contribution in [2.24, 2.45) is 0 Å². The fourth-order valence-corrected chi connectivity index (χ4v) is 4.10. The van der Waals surface area contributed by atoms with E-state index >= 15 is 0 Å². The second-order valence-electron chi connectivity index (χ2n) is 7.24. The van der Waals surface area contributed by atoms with E-state index in [-0.39, 0.29) is 11.9 Å². The average molecular weight is 359 g/mol. The molecule has 1 amide bonds. The van der Waals surface area contributed by atoms with Crippen LogP contribution in [0.4, 0.5) is 0 Å². The van der Waals surface area contributed by atoms with Crippen LogP contribution < -0.4 is 0 Å². The van der Waals surface area contributed by atoms with Gasteiger partial charge >= 0.3 is 0 Å². The van der Waals surface area contributed by atoms with Crippen LogP contribution in [-0.4, -0.2) is 26.9 Å². The van der Waals surface area contributed by atoms with Crippen LogP contribution >= 0.6 is 0 Å². The maximum Gasteiger partial charge on any atom is 0.254 e. The zero-order valence-corrected chi connectivity index (χ0v) is 15.9. The molecule has 138 valence electrons. The molecule has 1 unspecified atom stereocenters. The summed E-state index contributed by atoms with van der Waals surface area (Å²) in [4.78, 5) is 20.0. The molecular weight excluding hydrogens is 334 g/mol. The monoisotopic (exact) mass is 359 g/mol. The minimum absolute atomic E-state index is 0.0522. The predicted octanol–water partition coefficient (Wildman–Crippen LogP) is 4.86. The first-order chi connectivity index (χ1) is 13.2. The number of pyridine rings is 1. The zero-order valence-electron chi connectivity index (χ0n) is 15.9. The number of nitrogens with zero attached hydrogens (tertiary/aromatic N) is 3. The molecule has 4 rings (SSSR count). The number of likely N-dealkylation sites (tertiary alicyclic amines) is 1. The predicted molar refractivity (Wildman–Crippen MR) is 107 cm³/mol. The Kier molecular flexibility index (Phi) is 4.80. The highest BCUT2D eigenvalue weighted by molar-refractivity contribution is 5.94. The van der Waals surface area contributed by atoms with E-state index < -0.39 is 0 Å². The Labute approximate surface area is 160 Å². The molecular formula is C23H25N3O. The van der Waals surface area contributed by atoms with Gasteiger partial charge < -0.3 is 9.47 Å². The smallest absolute Gasteiger partial charge is 0.254 e. The molecule has 1 saturated heterocycles. The largest absolute Gasteiger partial charge is 0.331 e. The van der Waals surface area contributed by atoms with Crippen LogP contribution in [0, 0.1) is 13.8 Å². The Morgan fingerprint density at radius 2 is 1.70 bits per heavy atom. The summed E-state index contributed by atoms with van der Waals surface area (Å²) in [6.07, 6.45) is 4.98. The number of carbonyl (C=O) groups excluding carboxylic acids is 1. The van der Waals surface area contributed by atoms with Gasteiger partial charge in [0.1, 0.15) is 5.82 Å². The van der Waals surface area contributed by atoms with Crippen LogP contribution in [0.15, 0.2) is 60.8 Å². The van der Waals surface area contributed by atoms with E-state index in [1.54, 1.807) is 0 Å². The van der Waals surface area contributed by atoms with Gasteiger partial charge in [-0.05, 0) is 63.4 Å². The number of piperidine rings is 1. The summed E-state index contributed by atoms with van der Waals surface area (Å²) >= 11 is 0. The number of carbonyl (C=O) groups is 1. The molecule has 1 aromatic carbocycles. The summed E-state index contributed by atoms with van der Waals surface area (Å²) in [6, 6.07) is 18.0. The molecule has 1 atom stereocenters. The molecule has 1 aliphatic rings. The standard InChI is InChI=1S/C23H25N3O/c1-17-13-14-18(2)26(17)22-20(11-8-15-24-22)21-12-6-7-16-25(21)23(27)19-9-4-3-5-10-19/h3-5,8-11,13-15,21H,6-7,12,16H2,1-2H3. The summed E-state index contributed by atoms with van der Waals surface area (Å²) < 4.78 is 2.19. The molecule has 0 saturated carbocycles. The van der Waals surface area contributed by atoms with E-state index in [0.717, 1.165) is 54.1 Å². The van der Waals surface area contributed by atoms with Crippen molar-refractivity contribution >= 4 is 5.91 Å². The van der Waals surface area contributed by atoms with Gasteiger partial charge in [0.2, 0.25) is 0 Å². The molecule has 0 radical (unpaired) electrons. The highest BCUT2D eigenvalue weighted by Crippen LogP contribution is 2.35. The van der Waals surface area contributed by atoms with Gasteiger partial charge in [0.25, 0.3) is 5.91 Å². The third-order valence-electron chi connectivity index (χ3n) is 5.44. The number of hydrogen-bond acceptors (Lipinski definition) is 2. The van der Waals surface area contributed by atoms with Crippen molar-refractivity contribution < 1.29 is 4.79 Å². The van der Waals surface area contributed by atoms with Crippen LogP contribution in [0.5, 0.6) is 0 Å². The lowest BCUT2D eigenvalue weighted by Crippen LogP contribution is -2.39. The summed E-state index contributed by atoms with van der Waals surface area (Å²) in [5.74, 6) is 1.05. The molecule has 4 heteroatoms. The Bertz CT molecular complexity index is 926. The van der Waals surface area contributed by atoms with Gasteiger partial charge in [0.05, 0.1) is 6.04 Å². The first-order valence-electron chi connectivity index (χ1n) is 9.63. The van der Waals surface area contributed by atoms with Gasteiger partial charge in [-0.1, -0.05) is 24.3 Å². The average Bonchev–Trinajstić information content (AvgIpc) is 3.06. The van der Waals surface area contributed by atoms with Crippen LogP contribution in [0.25, 0.3) is 5.82 Å². The molecule has 2 aromatic heterocycles. The molecule has 1 fully saturated rings. The lowest BCUT2D eigenvalue weighted by atomic mass is 9.94. The third kappa shape index (κ3) is 3.27. The van der Waals surface area contributed by atoms with E-state index in [1.165, 1.54) is 0 Å². The van der Waals surface area contributed by atoms with Crippen molar-refractivity contribution in [1.82, 2.24) is 14.5 Å². The minimum atomic E-state index is 0.0522. The number of aryl methyl sites for hydroxylation is 2. The molecule has 1 aliphatic heterocycles. The Balaban J connectivity index is 1.77. The van der Waals surface area contributed by atoms with Gasteiger partial charge in [-0.2, -0.15) is 0 Å². The van der Waals surface area contributed by atoms with E-state index in [1.807, 2.05) is 47.5 Å². The molecule has 0 spiro atoms. The normalized spacial score (nSPS) is 17.1. The number of rotatable bonds is 3. The molecule has 3 aromatic rings. The highest BCUT2D eigenvalue weighted by atomic mass is 16.2. The van der Waals surface area contributed by atoms with Crippen molar-refractivity contribution in [3.05, 3.63) is 83.3 Å². The van der Waals surface area contributed by atoms with Crippen LogP contribution in [0.3, 0.4) is 0 Å². The SMILES string of the molecule is Cc1ccc(C)n1-c1ncccc1C1CCCCN1C(=O)c1ccccc1. The van der Waals surface area contributed by atoms with Gasteiger partial charge in [-0.3, -0.25) is 4.79 Å². The van der Waals surface area contributed by atoms with Crippen molar-refractivity contribution in [1.29, 1.82) is 0 Å². The maximum absolute atomic E-state index is 13.2. The molecule has 27 heavy (non-hydrogen) atoms. The van der Waals surface area contributed by atoms with Gasteiger partial charge in [0.15, 0.2) is 0 Å². The third-order valence-corrected chi connectivity index (χ3v) is 5.44. The summed E-state index contributed by atoms with van der Waals surface area (Å²) in [7, 11) is 0. The van der Waals surface area contributed by atoms with Gasteiger partial charge in [0, 0.05) is 35.3 Å². The molecule has 4 nitrogen and oxygen atoms in total. The summed E-state index contributed by atoms with van der Waals surface area (Å²) in [5.41, 5.74) is 4.19.